The average Bonchev–Trinajstić information content (AvgIpc) is 2.37. The van der Waals surface area contributed by atoms with Crippen LogP contribution in [0.5, 0.6) is 0 Å². The maximum absolute atomic E-state index is 12.1. The van der Waals surface area contributed by atoms with Gasteiger partial charge in [-0.25, -0.2) is 8.42 Å². The highest BCUT2D eigenvalue weighted by Gasteiger charge is 2.20. The van der Waals surface area contributed by atoms with Crippen LogP contribution < -0.4 is 5.32 Å². The van der Waals surface area contributed by atoms with Gasteiger partial charge in [0, 0.05) is 12.6 Å². The molecule has 5 heteroatoms. The fourth-order valence-electron chi connectivity index (χ4n) is 1.57. The summed E-state index contributed by atoms with van der Waals surface area (Å²) in [7, 11) is -3.30. The van der Waals surface area contributed by atoms with Crippen molar-refractivity contribution in [2.75, 3.05) is 12.3 Å². The fraction of sp³-hybridized carbons (Fsp3) is 0.533. The topological polar surface area (TPSA) is 70.0 Å². The quantitative estimate of drug-likeness (QED) is 0.905. The van der Waals surface area contributed by atoms with Gasteiger partial charge >= 0.3 is 0 Å². The van der Waals surface area contributed by atoms with E-state index in [1.807, 2.05) is 13.0 Å². The van der Waals surface area contributed by atoms with E-state index in [1.165, 1.54) is 24.3 Å². The van der Waals surface area contributed by atoms with Gasteiger partial charge in [-0.3, -0.25) is 0 Å². The zero-order valence-corrected chi connectivity index (χ0v) is 13.3. The van der Waals surface area contributed by atoms with Crippen LogP contribution in [0.2, 0.25) is 0 Å². The van der Waals surface area contributed by atoms with Crippen LogP contribution in [0.25, 0.3) is 0 Å². The molecule has 0 aliphatic carbocycles. The van der Waals surface area contributed by atoms with Gasteiger partial charge in [0.1, 0.15) is 0 Å². The van der Waals surface area contributed by atoms with Crippen molar-refractivity contribution < 1.29 is 8.42 Å². The summed E-state index contributed by atoms with van der Waals surface area (Å²) in [6.07, 6.45) is 0. The zero-order chi connectivity index (χ0) is 15.4. The van der Waals surface area contributed by atoms with Crippen molar-refractivity contribution in [3.8, 4) is 6.07 Å². The van der Waals surface area contributed by atoms with Crippen molar-refractivity contribution in [3.05, 3.63) is 29.8 Å². The Morgan fingerprint density at radius 2 is 1.80 bits per heavy atom. The highest BCUT2D eigenvalue weighted by molar-refractivity contribution is 7.91. The molecule has 0 heterocycles. The van der Waals surface area contributed by atoms with Crippen LogP contribution in [0, 0.1) is 16.7 Å². The third-order valence-corrected chi connectivity index (χ3v) is 5.19. The molecule has 0 aromatic heterocycles. The molecule has 20 heavy (non-hydrogen) atoms. The summed E-state index contributed by atoms with van der Waals surface area (Å²) in [6, 6.07) is 8.23. The number of hydrogen-bond donors (Lipinski definition) is 1. The monoisotopic (exact) mass is 294 g/mol. The maximum atomic E-state index is 12.1. The molecule has 0 amide bonds. The largest absolute Gasteiger partial charge is 0.313 e. The molecule has 0 bridgehead atoms. The van der Waals surface area contributed by atoms with Gasteiger partial charge in [0.15, 0.2) is 9.84 Å². The van der Waals surface area contributed by atoms with Gasteiger partial charge in [0.2, 0.25) is 0 Å². The summed E-state index contributed by atoms with van der Waals surface area (Å²) in [5, 5.41) is 11.9. The first kappa shape index (κ1) is 16.7. The first-order valence-corrected chi connectivity index (χ1v) is 8.28. The highest BCUT2D eigenvalue weighted by Crippen LogP contribution is 2.18. The van der Waals surface area contributed by atoms with Crippen LogP contribution in [-0.4, -0.2) is 26.8 Å². The Morgan fingerprint density at radius 1 is 1.25 bits per heavy atom. The summed E-state index contributed by atoms with van der Waals surface area (Å²) in [5.74, 6) is 0.0549. The number of nitriles is 1. The van der Waals surface area contributed by atoms with Crippen LogP contribution in [0.1, 0.15) is 33.3 Å². The SMILES string of the molecule is C[C@@H](NCCS(=O)(=O)c1ccc(C#N)cc1)C(C)(C)C. The molecule has 1 aromatic rings. The maximum Gasteiger partial charge on any atom is 0.179 e. The summed E-state index contributed by atoms with van der Waals surface area (Å²) < 4.78 is 24.3. The van der Waals surface area contributed by atoms with Gasteiger partial charge in [-0.05, 0) is 36.6 Å². The van der Waals surface area contributed by atoms with Crippen LogP contribution in [0.4, 0.5) is 0 Å². The molecular weight excluding hydrogens is 272 g/mol. The van der Waals surface area contributed by atoms with E-state index in [0.29, 0.717) is 12.1 Å². The van der Waals surface area contributed by atoms with E-state index in [0.717, 1.165) is 0 Å². The Balaban J connectivity index is 2.64. The molecule has 0 saturated heterocycles. The standard InChI is InChI=1S/C15H22N2O2S/c1-12(15(2,3)4)17-9-10-20(18,19)14-7-5-13(11-16)6-8-14/h5-8,12,17H,9-10H2,1-4H3/t12-/m1/s1. The molecule has 110 valence electrons. The van der Waals surface area contributed by atoms with E-state index in [1.54, 1.807) is 0 Å². The van der Waals surface area contributed by atoms with E-state index < -0.39 is 9.84 Å². The third-order valence-electron chi connectivity index (χ3n) is 3.46. The fourth-order valence-corrected chi connectivity index (χ4v) is 2.74. The summed E-state index contributed by atoms with van der Waals surface area (Å²) in [6.45, 7) is 8.80. The molecule has 1 atom stereocenters. The second-order valence-electron chi connectivity index (χ2n) is 6.00. The van der Waals surface area contributed by atoms with Gasteiger partial charge in [-0.2, -0.15) is 5.26 Å². The lowest BCUT2D eigenvalue weighted by Gasteiger charge is -2.28. The lowest BCUT2D eigenvalue weighted by Crippen LogP contribution is -2.39. The minimum Gasteiger partial charge on any atom is -0.313 e. The lowest BCUT2D eigenvalue weighted by molar-refractivity contribution is 0.291. The van der Waals surface area contributed by atoms with E-state index in [9.17, 15) is 8.42 Å². The lowest BCUT2D eigenvalue weighted by atomic mass is 9.88. The first-order valence-electron chi connectivity index (χ1n) is 6.63. The van der Waals surface area contributed by atoms with Crippen LogP contribution in [0.15, 0.2) is 29.2 Å². The van der Waals surface area contributed by atoms with E-state index >= 15 is 0 Å². The molecule has 0 spiro atoms. The number of sulfone groups is 1. The Kier molecular flexibility index (Phi) is 5.32. The molecule has 4 nitrogen and oxygen atoms in total. The van der Waals surface area contributed by atoms with E-state index in [4.69, 9.17) is 5.26 Å². The van der Waals surface area contributed by atoms with E-state index in [-0.39, 0.29) is 22.1 Å². The Morgan fingerprint density at radius 3 is 2.25 bits per heavy atom. The van der Waals surface area contributed by atoms with Crippen molar-refractivity contribution in [2.24, 2.45) is 5.41 Å². The van der Waals surface area contributed by atoms with Gasteiger partial charge < -0.3 is 5.32 Å². The zero-order valence-electron chi connectivity index (χ0n) is 12.5. The van der Waals surface area contributed by atoms with Crippen LogP contribution in [-0.2, 0) is 9.84 Å². The number of nitrogens with one attached hydrogen (secondary N) is 1. The van der Waals surface area contributed by atoms with Crippen molar-refractivity contribution in [1.82, 2.24) is 5.32 Å². The molecule has 0 aliphatic heterocycles. The van der Waals surface area contributed by atoms with Gasteiger partial charge in [-0.1, -0.05) is 20.8 Å². The molecule has 1 aromatic carbocycles. The summed E-state index contributed by atoms with van der Waals surface area (Å²) >= 11 is 0. The van der Waals surface area contributed by atoms with Crippen molar-refractivity contribution in [3.63, 3.8) is 0 Å². The predicted octanol–water partition coefficient (Wildman–Crippen LogP) is 2.36. The molecule has 0 unspecified atom stereocenters. The Labute approximate surface area is 121 Å². The van der Waals surface area contributed by atoms with Crippen molar-refractivity contribution >= 4 is 9.84 Å². The molecule has 0 radical (unpaired) electrons. The minimum absolute atomic E-state index is 0.0549. The normalized spacial score (nSPS) is 13.8. The number of nitrogens with zero attached hydrogens (tertiary/aromatic N) is 1. The van der Waals surface area contributed by atoms with Crippen LogP contribution >= 0.6 is 0 Å². The van der Waals surface area contributed by atoms with Crippen LogP contribution in [0.3, 0.4) is 0 Å². The first-order chi connectivity index (χ1) is 9.16. The van der Waals surface area contributed by atoms with Crippen molar-refractivity contribution in [2.45, 2.75) is 38.6 Å². The van der Waals surface area contributed by atoms with Gasteiger partial charge in [0.05, 0.1) is 22.3 Å². The third kappa shape index (κ3) is 4.62. The molecule has 1 rings (SSSR count). The Hall–Kier alpha value is -1.38. The Bertz CT molecular complexity index is 578. The van der Waals surface area contributed by atoms with Gasteiger partial charge in [-0.15, -0.1) is 0 Å². The minimum atomic E-state index is -3.30. The molecule has 0 saturated carbocycles. The summed E-state index contributed by atoms with van der Waals surface area (Å²) in [4.78, 5) is 0.265. The van der Waals surface area contributed by atoms with E-state index in [2.05, 4.69) is 26.1 Å². The average molecular weight is 294 g/mol. The summed E-state index contributed by atoms with van der Waals surface area (Å²) in [5.41, 5.74) is 0.557. The number of rotatable bonds is 5. The molecule has 0 fully saturated rings. The molecule has 1 N–H and O–H groups in total. The van der Waals surface area contributed by atoms with Gasteiger partial charge in [0.25, 0.3) is 0 Å². The molecule has 0 aliphatic rings. The molecular formula is C15H22N2O2S. The smallest absolute Gasteiger partial charge is 0.179 e. The highest BCUT2D eigenvalue weighted by atomic mass is 32.2. The second kappa shape index (κ2) is 6.38. The predicted molar refractivity (Wildman–Crippen MR) is 80.1 cm³/mol. The second-order valence-corrected chi connectivity index (χ2v) is 8.11. The number of benzene rings is 1. The number of hydrogen-bond acceptors (Lipinski definition) is 4. The van der Waals surface area contributed by atoms with Crippen molar-refractivity contribution in [1.29, 1.82) is 5.26 Å².